The third kappa shape index (κ3) is 1.76. The minimum atomic E-state index is -0.515. The van der Waals surface area contributed by atoms with Gasteiger partial charge >= 0.3 is 0 Å². The van der Waals surface area contributed by atoms with Crippen LogP contribution in [-0.4, -0.2) is 20.5 Å². The molecule has 1 aromatic carbocycles. The Morgan fingerprint density at radius 2 is 2.25 bits per heavy atom. The summed E-state index contributed by atoms with van der Waals surface area (Å²) < 4.78 is 2.91. The van der Waals surface area contributed by atoms with Crippen LogP contribution in [0.1, 0.15) is 19.3 Å². The van der Waals surface area contributed by atoms with Gasteiger partial charge in [0, 0.05) is 16.1 Å². The molecule has 0 unspecified atom stereocenters. The van der Waals surface area contributed by atoms with Gasteiger partial charge in [-0.25, -0.2) is 0 Å². The molecule has 0 aliphatic heterocycles. The van der Waals surface area contributed by atoms with Crippen LogP contribution in [0.5, 0.6) is 0 Å². The van der Waals surface area contributed by atoms with Crippen molar-refractivity contribution in [3.05, 3.63) is 28.9 Å². The number of benzene rings is 1. The van der Waals surface area contributed by atoms with Gasteiger partial charge in [0.2, 0.25) is 0 Å². The standard InChI is InChI=1S/C12H13BrN2O/c13-10-2-3-11-9(6-10)7-15(14-11)8-12(16)4-1-5-12/h2-3,6-7,16H,1,4-5,8H2. The molecule has 0 bridgehead atoms. The number of halogens is 1. The maximum absolute atomic E-state index is 10.1. The number of nitrogens with zero attached hydrogens (tertiary/aromatic N) is 2. The van der Waals surface area contributed by atoms with Crippen molar-refractivity contribution in [2.45, 2.75) is 31.4 Å². The van der Waals surface area contributed by atoms with Crippen LogP contribution in [0.25, 0.3) is 10.9 Å². The number of aliphatic hydroxyl groups is 1. The van der Waals surface area contributed by atoms with Crippen LogP contribution < -0.4 is 0 Å². The first-order valence-corrected chi connectivity index (χ1v) is 6.29. The van der Waals surface area contributed by atoms with E-state index in [2.05, 4.69) is 21.0 Å². The molecule has 3 rings (SSSR count). The quantitative estimate of drug-likeness (QED) is 0.919. The maximum atomic E-state index is 10.1. The van der Waals surface area contributed by atoms with E-state index in [1.807, 2.05) is 29.1 Å². The molecule has 1 fully saturated rings. The van der Waals surface area contributed by atoms with Gasteiger partial charge in [0.05, 0.1) is 17.7 Å². The molecule has 0 amide bonds. The van der Waals surface area contributed by atoms with E-state index in [9.17, 15) is 5.11 Å². The van der Waals surface area contributed by atoms with Gasteiger partial charge in [-0.2, -0.15) is 5.10 Å². The fraction of sp³-hybridized carbons (Fsp3) is 0.417. The highest BCUT2D eigenvalue weighted by Gasteiger charge is 2.34. The Bertz CT molecular complexity index is 531. The van der Waals surface area contributed by atoms with Gasteiger partial charge in [0.15, 0.2) is 0 Å². The van der Waals surface area contributed by atoms with Crippen molar-refractivity contribution in [1.29, 1.82) is 0 Å². The van der Waals surface area contributed by atoms with Crippen molar-refractivity contribution in [3.63, 3.8) is 0 Å². The van der Waals surface area contributed by atoms with Crippen molar-refractivity contribution in [1.82, 2.24) is 9.78 Å². The highest BCUT2D eigenvalue weighted by molar-refractivity contribution is 9.10. The van der Waals surface area contributed by atoms with Crippen molar-refractivity contribution >= 4 is 26.8 Å². The van der Waals surface area contributed by atoms with E-state index < -0.39 is 5.60 Å². The second-order valence-corrected chi connectivity index (χ2v) is 5.52. The first-order valence-electron chi connectivity index (χ1n) is 5.50. The normalized spacial score (nSPS) is 18.6. The molecule has 0 saturated heterocycles. The van der Waals surface area contributed by atoms with Gasteiger partial charge in [-0.3, -0.25) is 4.68 Å². The Hall–Kier alpha value is -0.870. The lowest BCUT2D eigenvalue weighted by Gasteiger charge is -2.36. The summed E-state index contributed by atoms with van der Waals surface area (Å²) in [5, 5.41) is 15.6. The fourth-order valence-corrected chi connectivity index (χ4v) is 2.55. The van der Waals surface area contributed by atoms with Crippen LogP contribution in [0.15, 0.2) is 28.9 Å². The minimum absolute atomic E-state index is 0.515. The summed E-state index contributed by atoms with van der Waals surface area (Å²) in [5.74, 6) is 0. The first-order chi connectivity index (χ1) is 7.65. The Kier molecular flexibility index (Phi) is 2.30. The van der Waals surface area contributed by atoms with Gasteiger partial charge < -0.3 is 5.11 Å². The van der Waals surface area contributed by atoms with Crippen LogP contribution in [0, 0.1) is 0 Å². The second-order valence-electron chi connectivity index (χ2n) is 4.61. The van der Waals surface area contributed by atoms with Gasteiger partial charge in [0.1, 0.15) is 0 Å². The zero-order chi connectivity index (χ0) is 11.2. The lowest BCUT2D eigenvalue weighted by molar-refractivity contribution is -0.0496. The molecule has 0 spiro atoms. The topological polar surface area (TPSA) is 38.0 Å². The molecular weight excluding hydrogens is 268 g/mol. The van der Waals surface area contributed by atoms with Crippen LogP contribution in [-0.2, 0) is 6.54 Å². The van der Waals surface area contributed by atoms with E-state index in [-0.39, 0.29) is 0 Å². The number of rotatable bonds is 2. The second kappa shape index (κ2) is 3.57. The summed E-state index contributed by atoms with van der Waals surface area (Å²) in [6.07, 6.45) is 4.92. The Morgan fingerprint density at radius 3 is 2.94 bits per heavy atom. The molecule has 0 atom stereocenters. The lowest BCUT2D eigenvalue weighted by Crippen LogP contribution is -2.41. The monoisotopic (exact) mass is 280 g/mol. The Labute approximate surface area is 102 Å². The summed E-state index contributed by atoms with van der Waals surface area (Å²) in [7, 11) is 0. The predicted octanol–water partition coefficient (Wildman–Crippen LogP) is 2.71. The number of aromatic nitrogens is 2. The molecule has 0 radical (unpaired) electrons. The highest BCUT2D eigenvalue weighted by atomic mass is 79.9. The molecule has 2 aromatic rings. The summed E-state index contributed by atoms with van der Waals surface area (Å²) in [6.45, 7) is 0.610. The van der Waals surface area contributed by atoms with Crippen LogP contribution in [0.2, 0.25) is 0 Å². The van der Waals surface area contributed by atoms with Gasteiger partial charge in [-0.15, -0.1) is 0 Å². The van der Waals surface area contributed by atoms with Crippen molar-refractivity contribution in [3.8, 4) is 0 Å². The summed E-state index contributed by atoms with van der Waals surface area (Å²) in [6, 6.07) is 6.02. The van der Waals surface area contributed by atoms with Crippen LogP contribution in [0.3, 0.4) is 0 Å². The maximum Gasteiger partial charge on any atom is 0.0924 e. The van der Waals surface area contributed by atoms with Crippen molar-refractivity contribution in [2.75, 3.05) is 0 Å². The Balaban J connectivity index is 1.93. The molecule has 1 heterocycles. The molecule has 16 heavy (non-hydrogen) atoms. The van der Waals surface area contributed by atoms with Crippen molar-refractivity contribution < 1.29 is 5.11 Å². The summed E-state index contributed by atoms with van der Waals surface area (Å²) >= 11 is 3.44. The van der Waals surface area contributed by atoms with Crippen LogP contribution >= 0.6 is 15.9 Å². The molecule has 84 valence electrons. The zero-order valence-electron chi connectivity index (χ0n) is 8.86. The van der Waals surface area contributed by atoms with E-state index in [0.717, 1.165) is 34.6 Å². The molecule has 1 saturated carbocycles. The van der Waals surface area contributed by atoms with Crippen LogP contribution in [0.4, 0.5) is 0 Å². The minimum Gasteiger partial charge on any atom is -0.388 e. The third-order valence-corrected chi connectivity index (χ3v) is 3.75. The number of hydrogen-bond donors (Lipinski definition) is 1. The number of fused-ring (bicyclic) bond motifs is 1. The zero-order valence-corrected chi connectivity index (χ0v) is 10.4. The molecule has 1 N–H and O–H groups in total. The van der Waals surface area contributed by atoms with E-state index in [4.69, 9.17) is 0 Å². The molecule has 1 aliphatic carbocycles. The van der Waals surface area contributed by atoms with Gasteiger partial charge in [-0.05, 0) is 37.5 Å². The first kappa shape index (κ1) is 10.3. The van der Waals surface area contributed by atoms with Gasteiger partial charge in [-0.1, -0.05) is 15.9 Å². The largest absolute Gasteiger partial charge is 0.388 e. The SMILES string of the molecule is OC1(Cn2cc3cc(Br)ccc3n2)CCC1. The third-order valence-electron chi connectivity index (χ3n) is 3.25. The molecule has 1 aromatic heterocycles. The molecular formula is C12H13BrN2O. The van der Waals surface area contributed by atoms with E-state index in [1.54, 1.807) is 0 Å². The predicted molar refractivity (Wildman–Crippen MR) is 66.2 cm³/mol. The molecule has 3 nitrogen and oxygen atoms in total. The lowest BCUT2D eigenvalue weighted by atomic mass is 9.80. The summed E-state index contributed by atoms with van der Waals surface area (Å²) in [5.41, 5.74) is 0.463. The van der Waals surface area contributed by atoms with E-state index in [1.165, 1.54) is 0 Å². The number of hydrogen-bond acceptors (Lipinski definition) is 2. The van der Waals surface area contributed by atoms with E-state index >= 15 is 0 Å². The smallest absolute Gasteiger partial charge is 0.0924 e. The average Bonchev–Trinajstić information content (AvgIpc) is 2.56. The fourth-order valence-electron chi connectivity index (χ4n) is 2.17. The highest BCUT2D eigenvalue weighted by Crippen LogP contribution is 2.33. The average molecular weight is 281 g/mol. The van der Waals surface area contributed by atoms with E-state index in [0.29, 0.717) is 6.54 Å². The molecule has 1 aliphatic rings. The van der Waals surface area contributed by atoms with Crippen molar-refractivity contribution in [2.24, 2.45) is 0 Å². The summed E-state index contributed by atoms with van der Waals surface area (Å²) in [4.78, 5) is 0. The van der Waals surface area contributed by atoms with Gasteiger partial charge in [0.25, 0.3) is 0 Å². The molecule has 4 heteroatoms. The Morgan fingerprint density at radius 1 is 1.44 bits per heavy atom.